The number of rotatable bonds is 47. The maximum Gasteiger partial charge on any atom is 0.306 e. The molecule has 0 amide bonds. The number of hydrogen-bond acceptors (Lipinski definition) is 8. The van der Waals surface area contributed by atoms with Crippen LogP contribution in [0.4, 0.5) is 0 Å². The lowest BCUT2D eigenvalue weighted by Gasteiger charge is -2.28. The fraction of sp³-hybridized carbons (Fsp3) is 0.684. The number of phosphoric ester groups is 1. The Hall–Kier alpha value is -3.07. The zero-order valence-electron chi connectivity index (χ0n) is 43.3. The van der Waals surface area contributed by atoms with E-state index in [1.165, 1.54) is 57.8 Å². The minimum atomic E-state index is -4.64. The van der Waals surface area contributed by atoms with E-state index in [0.717, 1.165) is 109 Å². The van der Waals surface area contributed by atoms with Crippen molar-refractivity contribution in [1.29, 1.82) is 0 Å². The molecule has 9 nitrogen and oxygen atoms in total. The molecule has 0 aliphatic heterocycles. The number of allylic oxidation sites excluding steroid dienone is 16. The quantitative estimate of drug-likeness (QED) is 0.0195. The molecule has 0 bridgehead atoms. The van der Waals surface area contributed by atoms with Gasteiger partial charge in [-0.2, -0.15) is 0 Å². The predicted molar refractivity (Wildman–Crippen MR) is 282 cm³/mol. The van der Waals surface area contributed by atoms with Crippen LogP contribution >= 0.6 is 7.82 Å². The number of carbonyl (C=O) groups is 2. The molecule has 0 heterocycles. The molecule has 0 fully saturated rings. The number of nitrogens with zero attached hydrogens (tertiary/aromatic N) is 1. The minimum Gasteiger partial charge on any atom is -0.756 e. The smallest absolute Gasteiger partial charge is 0.306 e. The summed E-state index contributed by atoms with van der Waals surface area (Å²) in [5, 5.41) is 0. The van der Waals surface area contributed by atoms with Crippen LogP contribution in [0.3, 0.4) is 0 Å². The number of carbonyl (C=O) groups excluding carboxylic acids is 2. The first-order chi connectivity index (χ1) is 32.5. The first kappa shape index (κ1) is 63.9. The second-order valence-corrected chi connectivity index (χ2v) is 19.9. The SMILES string of the molecule is CC/C=C\C/C=C\C/C=C\C/C=C\C/C=C\C/C=C\C/C=C\C/C=C\CCCCCCCCC(=O)OC(COC(=O)CCCCCCCCCCCCCC)COP(=O)([O-])OCC[N+](C)(C)C. The summed E-state index contributed by atoms with van der Waals surface area (Å²) in [4.78, 5) is 37.7. The van der Waals surface area contributed by atoms with Gasteiger partial charge in [0.25, 0.3) is 7.82 Å². The molecule has 0 aromatic carbocycles. The van der Waals surface area contributed by atoms with E-state index in [1.54, 1.807) is 0 Å². The summed E-state index contributed by atoms with van der Waals surface area (Å²) < 4.78 is 34.0. The molecule has 0 spiro atoms. The molecule has 0 N–H and O–H groups in total. The molecule has 0 aliphatic carbocycles. The molecule has 0 radical (unpaired) electrons. The number of unbranched alkanes of at least 4 members (excludes halogenated alkanes) is 17. The Labute approximate surface area is 411 Å². The van der Waals surface area contributed by atoms with Crippen molar-refractivity contribution in [3.8, 4) is 0 Å². The van der Waals surface area contributed by atoms with Crippen LogP contribution in [0.25, 0.3) is 0 Å². The second-order valence-electron chi connectivity index (χ2n) is 18.5. The molecule has 0 saturated carbocycles. The molecule has 67 heavy (non-hydrogen) atoms. The number of hydrogen-bond donors (Lipinski definition) is 0. The fourth-order valence-corrected chi connectivity index (χ4v) is 7.52. The molecule has 0 aromatic rings. The van der Waals surface area contributed by atoms with Gasteiger partial charge in [-0.05, 0) is 77.0 Å². The maximum absolute atomic E-state index is 12.7. The average Bonchev–Trinajstić information content (AvgIpc) is 3.29. The molecule has 0 saturated heterocycles. The first-order valence-electron chi connectivity index (χ1n) is 26.4. The first-order valence-corrected chi connectivity index (χ1v) is 27.9. The van der Waals surface area contributed by atoms with E-state index in [2.05, 4.69) is 111 Å². The van der Waals surface area contributed by atoms with E-state index in [9.17, 15) is 19.0 Å². The maximum atomic E-state index is 12.7. The number of ether oxygens (including phenoxy) is 2. The Bertz CT molecular complexity index is 1450. The molecule has 0 aromatic heterocycles. The summed E-state index contributed by atoms with van der Waals surface area (Å²) in [5.41, 5.74) is 0. The Morgan fingerprint density at radius 1 is 0.478 bits per heavy atom. The minimum absolute atomic E-state index is 0.0378. The van der Waals surface area contributed by atoms with Crippen molar-refractivity contribution in [2.75, 3.05) is 47.5 Å². The average molecular weight is 956 g/mol. The predicted octanol–water partition coefficient (Wildman–Crippen LogP) is 15.5. The van der Waals surface area contributed by atoms with Crippen LogP contribution in [0.1, 0.15) is 200 Å². The van der Waals surface area contributed by atoms with Gasteiger partial charge in [0.15, 0.2) is 6.10 Å². The van der Waals surface area contributed by atoms with E-state index in [0.29, 0.717) is 17.4 Å². The molecule has 2 unspecified atom stereocenters. The monoisotopic (exact) mass is 956 g/mol. The van der Waals surface area contributed by atoms with Gasteiger partial charge in [0, 0.05) is 12.8 Å². The number of quaternary nitrogens is 1. The number of phosphoric acid groups is 1. The zero-order valence-corrected chi connectivity index (χ0v) is 44.2. The van der Waals surface area contributed by atoms with Crippen molar-refractivity contribution in [1.82, 2.24) is 0 Å². The van der Waals surface area contributed by atoms with Crippen LogP contribution in [-0.4, -0.2) is 70.0 Å². The lowest BCUT2D eigenvalue weighted by molar-refractivity contribution is -0.870. The van der Waals surface area contributed by atoms with Crippen molar-refractivity contribution in [2.45, 2.75) is 206 Å². The van der Waals surface area contributed by atoms with Crippen LogP contribution in [0.2, 0.25) is 0 Å². The summed E-state index contributed by atoms with van der Waals surface area (Å²) in [5.74, 6) is -0.855. The Kier molecular flexibility index (Phi) is 45.8. The van der Waals surface area contributed by atoms with E-state index < -0.39 is 32.5 Å². The highest BCUT2D eigenvalue weighted by Crippen LogP contribution is 2.38. The summed E-state index contributed by atoms with van der Waals surface area (Å²) in [6.45, 7) is 4.08. The Morgan fingerprint density at radius 2 is 0.851 bits per heavy atom. The Balaban J connectivity index is 4.23. The zero-order chi connectivity index (χ0) is 49.2. The van der Waals surface area contributed by atoms with Crippen LogP contribution in [-0.2, 0) is 32.7 Å². The number of esters is 2. The van der Waals surface area contributed by atoms with E-state index in [1.807, 2.05) is 21.1 Å². The van der Waals surface area contributed by atoms with Crippen molar-refractivity contribution in [3.63, 3.8) is 0 Å². The van der Waals surface area contributed by atoms with Crippen LogP contribution in [0.5, 0.6) is 0 Å². The highest BCUT2D eigenvalue weighted by Gasteiger charge is 2.21. The molecule has 2 atom stereocenters. The largest absolute Gasteiger partial charge is 0.756 e. The van der Waals surface area contributed by atoms with Gasteiger partial charge in [-0.25, -0.2) is 0 Å². The second kappa shape index (κ2) is 48.0. The highest BCUT2D eigenvalue weighted by atomic mass is 31.2. The normalized spacial score (nSPS) is 14.2. The third kappa shape index (κ3) is 52.2. The molecule has 384 valence electrons. The van der Waals surface area contributed by atoms with E-state index in [4.69, 9.17) is 18.5 Å². The van der Waals surface area contributed by atoms with Crippen molar-refractivity contribution >= 4 is 19.8 Å². The lowest BCUT2D eigenvalue weighted by atomic mass is 10.0. The molecule has 0 aliphatic rings. The summed E-state index contributed by atoms with van der Waals surface area (Å²) in [6, 6.07) is 0. The van der Waals surface area contributed by atoms with Crippen LogP contribution < -0.4 is 4.89 Å². The van der Waals surface area contributed by atoms with E-state index in [-0.39, 0.29) is 26.1 Å². The van der Waals surface area contributed by atoms with Gasteiger partial charge in [-0.15, -0.1) is 0 Å². The molecular weight excluding hydrogens is 858 g/mol. The Morgan fingerprint density at radius 3 is 1.27 bits per heavy atom. The van der Waals surface area contributed by atoms with Gasteiger partial charge in [-0.1, -0.05) is 207 Å². The van der Waals surface area contributed by atoms with Gasteiger partial charge in [-0.3, -0.25) is 14.2 Å². The van der Waals surface area contributed by atoms with Crippen LogP contribution in [0, 0.1) is 0 Å². The van der Waals surface area contributed by atoms with Gasteiger partial charge >= 0.3 is 11.9 Å². The highest BCUT2D eigenvalue weighted by molar-refractivity contribution is 7.45. The third-order valence-electron chi connectivity index (χ3n) is 10.9. The summed E-state index contributed by atoms with van der Waals surface area (Å²) >= 11 is 0. The molecular formula is C57H98NO8P. The topological polar surface area (TPSA) is 111 Å². The van der Waals surface area contributed by atoms with Gasteiger partial charge in [0.1, 0.15) is 19.8 Å². The fourth-order valence-electron chi connectivity index (χ4n) is 6.79. The third-order valence-corrected chi connectivity index (χ3v) is 11.8. The standard InChI is InChI=1S/C57H98NO8P/c1-6-8-10-12-14-16-18-20-21-22-23-24-25-26-27-28-29-30-31-32-33-34-35-36-37-38-40-42-44-46-48-50-57(60)66-55(54-65-67(61,62)64-52-51-58(3,4)5)53-63-56(59)49-47-45-43-41-39-19-17-15-13-11-9-7-2/h8,10,14,16,20-21,23-24,26-27,29-30,32-33,35-36,55H,6-7,9,11-13,15,17-19,22,25,28,31,34,37-54H2,1-5H3/b10-8-,16-14-,21-20-,24-23-,27-26-,30-29-,33-32-,36-35-. The summed E-state index contributed by atoms with van der Waals surface area (Å²) in [7, 11) is 1.14. The van der Waals surface area contributed by atoms with Crippen molar-refractivity contribution in [3.05, 3.63) is 97.2 Å². The molecule has 0 rings (SSSR count). The van der Waals surface area contributed by atoms with E-state index >= 15 is 0 Å². The van der Waals surface area contributed by atoms with Crippen molar-refractivity contribution in [2.24, 2.45) is 0 Å². The van der Waals surface area contributed by atoms with Gasteiger partial charge < -0.3 is 27.9 Å². The summed E-state index contributed by atoms with van der Waals surface area (Å²) in [6.07, 6.45) is 64.4. The van der Waals surface area contributed by atoms with Crippen LogP contribution in [0.15, 0.2) is 97.2 Å². The van der Waals surface area contributed by atoms with Gasteiger partial charge in [0.2, 0.25) is 0 Å². The van der Waals surface area contributed by atoms with Gasteiger partial charge in [0.05, 0.1) is 27.7 Å². The number of likely N-dealkylation sites (N-methyl/N-ethyl adjacent to an activating group) is 1. The lowest BCUT2D eigenvalue weighted by Crippen LogP contribution is -2.37. The van der Waals surface area contributed by atoms with Crippen molar-refractivity contribution < 1.29 is 42.1 Å². The molecule has 10 heteroatoms.